The first-order valence-corrected chi connectivity index (χ1v) is 8.98. The molecule has 8 heteroatoms. The molecule has 1 saturated carbocycles. The van der Waals surface area contributed by atoms with E-state index >= 15 is 0 Å². The molecular weight excluding hydrogens is 303 g/mol. The lowest BCUT2D eigenvalue weighted by molar-refractivity contribution is 0.00578. The minimum Gasteiger partial charge on any atom is -0.399 e. The van der Waals surface area contributed by atoms with Crippen LogP contribution in [0.15, 0.2) is 18.5 Å². The van der Waals surface area contributed by atoms with Crippen LogP contribution in [0.25, 0.3) is 0 Å². The van der Waals surface area contributed by atoms with Crippen LogP contribution in [-0.2, 0) is 19.3 Å². The van der Waals surface area contributed by atoms with Crippen LogP contribution in [0, 0.1) is 0 Å². The van der Waals surface area contributed by atoms with Gasteiger partial charge in [-0.25, -0.2) is 8.42 Å². The molecule has 6 nitrogen and oxygen atoms in total. The van der Waals surface area contributed by atoms with Gasteiger partial charge in [-0.1, -0.05) is 0 Å². The molecule has 0 aromatic carbocycles. The fourth-order valence-electron chi connectivity index (χ4n) is 2.28. The standard InChI is InChI=1S/C14H21BN2O4S/c1-13(2)14(3,4)21-15(20-13)11-7-8-16-9-12(11)17-22(18,19)10-5-6-10/h7-10,17H,5-6H2,1-4H3. The van der Waals surface area contributed by atoms with Gasteiger partial charge in [-0.3, -0.25) is 9.71 Å². The number of nitrogens with one attached hydrogen (secondary N) is 1. The van der Waals surface area contributed by atoms with Gasteiger partial charge in [0.1, 0.15) is 0 Å². The smallest absolute Gasteiger partial charge is 0.399 e. The molecule has 1 N–H and O–H groups in total. The Kier molecular flexibility index (Phi) is 3.54. The maximum atomic E-state index is 12.2. The number of aromatic nitrogens is 1. The van der Waals surface area contributed by atoms with Crippen molar-refractivity contribution in [2.75, 3.05) is 4.72 Å². The summed E-state index contributed by atoms with van der Waals surface area (Å²) < 4.78 is 39.0. The third-order valence-corrected chi connectivity index (χ3v) is 6.43. The molecule has 2 heterocycles. The van der Waals surface area contributed by atoms with E-state index in [1.807, 2.05) is 27.7 Å². The van der Waals surface area contributed by atoms with Crippen LogP contribution in [0.2, 0.25) is 0 Å². The van der Waals surface area contributed by atoms with Gasteiger partial charge in [0, 0.05) is 11.7 Å². The van der Waals surface area contributed by atoms with Crippen LogP contribution in [0.4, 0.5) is 5.69 Å². The Morgan fingerprint density at radius 2 is 1.82 bits per heavy atom. The molecule has 0 radical (unpaired) electrons. The summed E-state index contributed by atoms with van der Waals surface area (Å²) in [6.45, 7) is 7.84. The quantitative estimate of drug-likeness (QED) is 0.845. The summed E-state index contributed by atoms with van der Waals surface area (Å²) in [6.07, 6.45) is 4.53. The third-order valence-electron chi connectivity index (χ3n) is 4.58. The molecule has 0 amide bonds. The van der Waals surface area contributed by atoms with E-state index in [2.05, 4.69) is 9.71 Å². The second kappa shape index (κ2) is 4.94. The van der Waals surface area contributed by atoms with Gasteiger partial charge in [0.15, 0.2) is 0 Å². The number of sulfonamides is 1. The Labute approximate surface area is 131 Å². The molecule has 0 bridgehead atoms. The molecule has 22 heavy (non-hydrogen) atoms. The van der Waals surface area contributed by atoms with Crippen molar-refractivity contribution in [2.24, 2.45) is 0 Å². The molecule has 3 rings (SSSR count). The number of nitrogens with zero attached hydrogens (tertiary/aromatic N) is 1. The molecule has 0 unspecified atom stereocenters. The Morgan fingerprint density at radius 1 is 1.23 bits per heavy atom. The number of hydrogen-bond acceptors (Lipinski definition) is 5. The van der Waals surface area contributed by atoms with E-state index in [4.69, 9.17) is 9.31 Å². The Bertz CT molecular complexity index is 670. The lowest BCUT2D eigenvalue weighted by Gasteiger charge is -2.32. The van der Waals surface area contributed by atoms with Crippen molar-refractivity contribution in [3.8, 4) is 0 Å². The molecule has 2 fully saturated rings. The molecule has 0 spiro atoms. The molecule has 1 saturated heterocycles. The summed E-state index contributed by atoms with van der Waals surface area (Å²) in [5.74, 6) is 0. The molecule has 1 aromatic heterocycles. The first-order chi connectivity index (χ1) is 10.1. The highest BCUT2D eigenvalue weighted by Gasteiger charge is 2.52. The summed E-state index contributed by atoms with van der Waals surface area (Å²) in [6, 6.07) is 1.73. The van der Waals surface area contributed by atoms with Gasteiger partial charge in [-0.05, 0) is 46.6 Å². The molecule has 2 aliphatic rings. The average Bonchev–Trinajstić information content (AvgIpc) is 3.19. The molecule has 1 aliphatic heterocycles. The third kappa shape index (κ3) is 2.75. The lowest BCUT2D eigenvalue weighted by Crippen LogP contribution is -2.41. The van der Waals surface area contributed by atoms with Crippen molar-refractivity contribution in [1.29, 1.82) is 0 Å². The molecule has 120 valence electrons. The van der Waals surface area contributed by atoms with Gasteiger partial charge in [0.05, 0.1) is 28.3 Å². The zero-order chi connectivity index (χ0) is 16.2. The van der Waals surface area contributed by atoms with Crippen molar-refractivity contribution < 1.29 is 17.7 Å². The molecule has 1 aliphatic carbocycles. The van der Waals surface area contributed by atoms with Crippen LogP contribution >= 0.6 is 0 Å². The van der Waals surface area contributed by atoms with Crippen LogP contribution in [0.3, 0.4) is 0 Å². The van der Waals surface area contributed by atoms with Gasteiger partial charge < -0.3 is 9.31 Å². The minimum atomic E-state index is -3.35. The summed E-state index contributed by atoms with van der Waals surface area (Å²) >= 11 is 0. The van der Waals surface area contributed by atoms with Gasteiger partial charge in [-0.2, -0.15) is 0 Å². The second-order valence-corrected chi connectivity index (χ2v) is 8.86. The average molecular weight is 324 g/mol. The van der Waals surface area contributed by atoms with Crippen molar-refractivity contribution in [1.82, 2.24) is 4.98 Å². The zero-order valence-electron chi connectivity index (χ0n) is 13.3. The topological polar surface area (TPSA) is 77.5 Å². The number of pyridine rings is 1. The van der Waals surface area contributed by atoms with E-state index in [-0.39, 0.29) is 5.25 Å². The van der Waals surface area contributed by atoms with E-state index in [0.29, 0.717) is 24.0 Å². The van der Waals surface area contributed by atoms with Crippen LogP contribution < -0.4 is 10.2 Å². The van der Waals surface area contributed by atoms with E-state index in [0.717, 1.165) is 0 Å². The summed E-state index contributed by atoms with van der Waals surface area (Å²) in [7, 11) is -3.97. The molecule has 0 atom stereocenters. The van der Waals surface area contributed by atoms with Gasteiger partial charge in [0.2, 0.25) is 10.0 Å². The first-order valence-electron chi connectivity index (χ1n) is 7.44. The van der Waals surface area contributed by atoms with Crippen molar-refractivity contribution in [3.63, 3.8) is 0 Å². The Balaban J connectivity index is 1.89. The highest BCUT2D eigenvalue weighted by molar-refractivity contribution is 7.93. The maximum absolute atomic E-state index is 12.2. The van der Waals surface area contributed by atoms with E-state index in [1.165, 1.54) is 6.20 Å². The normalized spacial score (nSPS) is 23.5. The van der Waals surface area contributed by atoms with E-state index in [1.54, 1.807) is 12.3 Å². The second-order valence-electron chi connectivity index (χ2n) is 6.90. The lowest BCUT2D eigenvalue weighted by atomic mass is 9.78. The first kappa shape index (κ1) is 15.8. The fourth-order valence-corrected chi connectivity index (χ4v) is 3.68. The highest BCUT2D eigenvalue weighted by Crippen LogP contribution is 2.37. The van der Waals surface area contributed by atoms with Gasteiger partial charge in [-0.15, -0.1) is 0 Å². The zero-order valence-corrected chi connectivity index (χ0v) is 14.1. The number of rotatable bonds is 4. The Hall–Kier alpha value is -1.12. The van der Waals surface area contributed by atoms with Crippen LogP contribution in [0.5, 0.6) is 0 Å². The van der Waals surface area contributed by atoms with Gasteiger partial charge >= 0.3 is 7.12 Å². The predicted octanol–water partition coefficient (Wildman–Crippen LogP) is 1.28. The molecule has 1 aromatic rings. The van der Waals surface area contributed by atoms with E-state index in [9.17, 15) is 8.42 Å². The number of anilines is 1. The largest absolute Gasteiger partial charge is 0.497 e. The summed E-state index contributed by atoms with van der Waals surface area (Å²) in [4.78, 5) is 4.02. The summed E-state index contributed by atoms with van der Waals surface area (Å²) in [5, 5.41) is -0.293. The van der Waals surface area contributed by atoms with Crippen molar-refractivity contribution >= 4 is 28.3 Å². The number of hydrogen-bond donors (Lipinski definition) is 1. The molecular formula is C14H21BN2O4S. The minimum absolute atomic E-state index is 0.293. The van der Waals surface area contributed by atoms with E-state index < -0.39 is 28.3 Å². The highest BCUT2D eigenvalue weighted by atomic mass is 32.2. The van der Waals surface area contributed by atoms with Crippen LogP contribution in [-0.4, -0.2) is 37.0 Å². The van der Waals surface area contributed by atoms with Crippen molar-refractivity contribution in [2.45, 2.75) is 57.0 Å². The van der Waals surface area contributed by atoms with Crippen molar-refractivity contribution in [3.05, 3.63) is 18.5 Å². The maximum Gasteiger partial charge on any atom is 0.497 e. The Morgan fingerprint density at radius 3 is 2.36 bits per heavy atom. The van der Waals surface area contributed by atoms with Gasteiger partial charge in [0.25, 0.3) is 0 Å². The van der Waals surface area contributed by atoms with Crippen LogP contribution in [0.1, 0.15) is 40.5 Å². The monoisotopic (exact) mass is 324 g/mol. The fraction of sp³-hybridized carbons (Fsp3) is 0.643. The SMILES string of the molecule is CC1(C)OB(c2ccncc2NS(=O)(=O)C2CC2)OC1(C)C. The summed E-state index contributed by atoms with van der Waals surface area (Å²) in [5.41, 5.74) is 0.118. The predicted molar refractivity (Wildman–Crippen MR) is 85.5 cm³/mol.